The number of thioether (sulfide) groups is 1. The molecule has 0 fully saturated rings. The maximum absolute atomic E-state index is 13.2. The van der Waals surface area contributed by atoms with E-state index in [2.05, 4.69) is 5.32 Å². The number of fused-ring (bicyclic) bond motifs is 1. The van der Waals surface area contributed by atoms with E-state index in [9.17, 15) is 13.2 Å². The van der Waals surface area contributed by atoms with Crippen molar-refractivity contribution in [3.63, 3.8) is 0 Å². The first kappa shape index (κ1) is 22.2. The molecule has 3 aromatic carbocycles. The number of benzene rings is 3. The van der Waals surface area contributed by atoms with E-state index in [-0.39, 0.29) is 17.4 Å². The molecule has 32 heavy (non-hydrogen) atoms. The fourth-order valence-corrected chi connectivity index (χ4v) is 5.76. The van der Waals surface area contributed by atoms with Crippen LogP contribution in [0.3, 0.4) is 0 Å². The van der Waals surface area contributed by atoms with Gasteiger partial charge in [-0.25, -0.2) is 8.42 Å². The number of anilines is 2. The van der Waals surface area contributed by atoms with Gasteiger partial charge in [0.2, 0.25) is 0 Å². The van der Waals surface area contributed by atoms with Gasteiger partial charge in [0, 0.05) is 11.4 Å². The summed E-state index contributed by atoms with van der Waals surface area (Å²) in [7, 11) is -3.68. The van der Waals surface area contributed by atoms with Gasteiger partial charge in [0.25, 0.3) is 15.9 Å². The minimum absolute atomic E-state index is 0.172. The predicted molar refractivity (Wildman–Crippen MR) is 128 cm³/mol. The molecule has 0 radical (unpaired) electrons. The molecule has 0 atom stereocenters. The van der Waals surface area contributed by atoms with Crippen LogP contribution in [0.15, 0.2) is 82.6 Å². The Kier molecular flexibility index (Phi) is 6.72. The number of ether oxygens (including phenoxy) is 1. The van der Waals surface area contributed by atoms with Crippen LogP contribution in [0.4, 0.5) is 11.4 Å². The molecule has 166 valence electrons. The number of sulfonamides is 1. The van der Waals surface area contributed by atoms with Crippen LogP contribution in [0.2, 0.25) is 0 Å². The Bertz CT molecular complexity index is 1210. The summed E-state index contributed by atoms with van der Waals surface area (Å²) in [5.74, 6) is 0.143. The summed E-state index contributed by atoms with van der Waals surface area (Å²) < 4.78 is 33.4. The van der Waals surface area contributed by atoms with Crippen molar-refractivity contribution in [3.05, 3.63) is 78.4 Å². The lowest BCUT2D eigenvalue weighted by atomic mass is 10.0. The molecule has 1 N–H and O–H groups in total. The summed E-state index contributed by atoms with van der Waals surface area (Å²) in [6.07, 6.45) is 3.60. The number of amides is 1. The molecule has 0 bridgehead atoms. The van der Waals surface area contributed by atoms with Crippen LogP contribution in [-0.2, 0) is 21.2 Å². The Labute approximate surface area is 192 Å². The van der Waals surface area contributed by atoms with Crippen LogP contribution in [0.5, 0.6) is 5.75 Å². The van der Waals surface area contributed by atoms with Crippen LogP contribution in [0.1, 0.15) is 12.0 Å². The largest absolute Gasteiger partial charge is 0.484 e. The van der Waals surface area contributed by atoms with Crippen molar-refractivity contribution in [1.82, 2.24) is 0 Å². The van der Waals surface area contributed by atoms with Crippen molar-refractivity contribution < 1.29 is 17.9 Å². The van der Waals surface area contributed by atoms with E-state index in [0.29, 0.717) is 12.3 Å². The van der Waals surface area contributed by atoms with Crippen molar-refractivity contribution in [2.45, 2.75) is 22.6 Å². The number of para-hydroxylation sites is 2. The molecule has 3 aromatic rings. The zero-order valence-corrected chi connectivity index (χ0v) is 19.3. The average Bonchev–Trinajstić information content (AvgIpc) is 2.83. The van der Waals surface area contributed by atoms with E-state index in [4.69, 9.17) is 4.74 Å². The standard InChI is InChI=1S/C24H24N2O4S2/c1-31-23-11-5-3-9-21(23)25-24(27)17-30-19-12-14-20(15-13-19)32(28,29)26-16-6-8-18-7-2-4-10-22(18)26/h2-5,7,9-15H,6,8,16-17H2,1H3,(H,25,27). The van der Waals surface area contributed by atoms with E-state index in [1.54, 1.807) is 23.9 Å². The third-order valence-electron chi connectivity index (χ3n) is 5.23. The quantitative estimate of drug-likeness (QED) is 0.514. The highest BCUT2D eigenvalue weighted by atomic mass is 32.2. The van der Waals surface area contributed by atoms with Crippen LogP contribution in [-0.4, -0.2) is 33.7 Å². The molecule has 1 heterocycles. The number of rotatable bonds is 7. The highest BCUT2D eigenvalue weighted by Gasteiger charge is 2.28. The second kappa shape index (κ2) is 9.67. The second-order valence-electron chi connectivity index (χ2n) is 7.32. The molecular formula is C24H24N2O4S2. The number of carbonyl (C=O) groups excluding carboxylic acids is 1. The predicted octanol–water partition coefficient (Wildman–Crippen LogP) is 4.57. The summed E-state index contributed by atoms with van der Waals surface area (Å²) in [5, 5.41) is 2.83. The summed E-state index contributed by atoms with van der Waals surface area (Å²) in [6.45, 7) is 0.281. The molecule has 0 spiro atoms. The topological polar surface area (TPSA) is 75.7 Å². The third kappa shape index (κ3) is 4.76. The molecular weight excluding hydrogens is 444 g/mol. The highest BCUT2D eigenvalue weighted by Crippen LogP contribution is 2.32. The van der Waals surface area contributed by atoms with Crippen molar-refractivity contribution in [3.8, 4) is 5.75 Å². The Hall–Kier alpha value is -2.97. The zero-order valence-electron chi connectivity index (χ0n) is 17.7. The van der Waals surface area contributed by atoms with Crippen LogP contribution < -0.4 is 14.4 Å². The lowest BCUT2D eigenvalue weighted by Crippen LogP contribution is -2.35. The fraction of sp³-hybridized carbons (Fsp3) is 0.208. The van der Waals surface area contributed by atoms with Crippen LogP contribution in [0.25, 0.3) is 0 Å². The summed E-state index contributed by atoms with van der Waals surface area (Å²) in [6, 6.07) is 21.3. The van der Waals surface area contributed by atoms with Gasteiger partial charge in [-0.15, -0.1) is 11.8 Å². The van der Waals surface area contributed by atoms with Crippen molar-refractivity contribution in [2.24, 2.45) is 0 Å². The van der Waals surface area contributed by atoms with Gasteiger partial charge < -0.3 is 10.1 Å². The zero-order chi connectivity index (χ0) is 22.6. The van der Waals surface area contributed by atoms with Gasteiger partial charge in [0.05, 0.1) is 16.3 Å². The molecule has 8 heteroatoms. The Morgan fingerprint density at radius 2 is 1.75 bits per heavy atom. The Morgan fingerprint density at radius 1 is 1.03 bits per heavy atom. The molecule has 0 saturated heterocycles. The van der Waals surface area contributed by atoms with Crippen molar-refractivity contribution >= 4 is 39.1 Å². The average molecular weight is 469 g/mol. The first-order valence-electron chi connectivity index (χ1n) is 10.3. The Balaban J connectivity index is 1.42. The van der Waals surface area contributed by atoms with Gasteiger partial charge in [0.1, 0.15) is 5.75 Å². The van der Waals surface area contributed by atoms with Crippen molar-refractivity contribution in [2.75, 3.05) is 29.0 Å². The van der Waals surface area contributed by atoms with E-state index in [1.165, 1.54) is 16.4 Å². The number of carbonyl (C=O) groups is 1. The molecule has 0 aliphatic carbocycles. The van der Waals surface area contributed by atoms with Crippen LogP contribution in [0, 0.1) is 0 Å². The van der Waals surface area contributed by atoms with Gasteiger partial charge in [-0.3, -0.25) is 9.10 Å². The Morgan fingerprint density at radius 3 is 2.53 bits per heavy atom. The van der Waals surface area contributed by atoms with Gasteiger partial charge in [0.15, 0.2) is 6.61 Å². The second-order valence-corrected chi connectivity index (χ2v) is 10.0. The first-order valence-corrected chi connectivity index (χ1v) is 12.9. The van der Waals surface area contributed by atoms with Gasteiger partial charge in [-0.1, -0.05) is 30.3 Å². The number of aryl methyl sites for hydroxylation is 1. The maximum Gasteiger partial charge on any atom is 0.264 e. The molecule has 0 unspecified atom stereocenters. The lowest BCUT2D eigenvalue weighted by molar-refractivity contribution is -0.118. The monoisotopic (exact) mass is 468 g/mol. The third-order valence-corrected chi connectivity index (χ3v) is 7.85. The van der Waals surface area contributed by atoms with Gasteiger partial charge in [-0.2, -0.15) is 0 Å². The minimum Gasteiger partial charge on any atom is -0.484 e. The fourth-order valence-electron chi connectivity index (χ4n) is 3.67. The van der Waals surface area contributed by atoms with Gasteiger partial charge in [-0.05, 0) is 67.1 Å². The molecule has 0 aromatic heterocycles. The summed E-state index contributed by atoms with van der Waals surface area (Å²) in [5.41, 5.74) is 2.51. The molecule has 6 nitrogen and oxygen atoms in total. The van der Waals surface area contributed by atoms with E-state index < -0.39 is 10.0 Å². The lowest BCUT2D eigenvalue weighted by Gasteiger charge is -2.30. The van der Waals surface area contributed by atoms with E-state index in [0.717, 1.165) is 34.7 Å². The van der Waals surface area contributed by atoms with E-state index in [1.807, 2.05) is 54.8 Å². The molecule has 1 aliphatic heterocycles. The number of hydrogen-bond acceptors (Lipinski definition) is 5. The summed E-state index contributed by atoms with van der Waals surface area (Å²) in [4.78, 5) is 13.4. The van der Waals surface area contributed by atoms with Crippen LogP contribution >= 0.6 is 11.8 Å². The molecule has 1 aliphatic rings. The summed E-state index contributed by atoms with van der Waals surface area (Å²) >= 11 is 1.55. The SMILES string of the molecule is CSc1ccccc1NC(=O)COc1ccc(S(=O)(=O)N2CCCc3ccccc32)cc1. The smallest absolute Gasteiger partial charge is 0.264 e. The van der Waals surface area contributed by atoms with E-state index >= 15 is 0 Å². The normalized spacial score (nSPS) is 13.3. The number of hydrogen-bond donors (Lipinski definition) is 1. The molecule has 0 saturated carbocycles. The highest BCUT2D eigenvalue weighted by molar-refractivity contribution is 7.98. The van der Waals surface area contributed by atoms with Gasteiger partial charge >= 0.3 is 0 Å². The maximum atomic E-state index is 13.2. The minimum atomic E-state index is -3.68. The first-order chi connectivity index (χ1) is 15.5. The van der Waals surface area contributed by atoms with Crippen molar-refractivity contribution in [1.29, 1.82) is 0 Å². The number of nitrogens with zero attached hydrogens (tertiary/aromatic N) is 1. The number of nitrogens with one attached hydrogen (secondary N) is 1. The molecule has 4 rings (SSSR count). The molecule has 1 amide bonds.